The van der Waals surface area contributed by atoms with Crippen molar-refractivity contribution >= 4 is 23.2 Å². The standard InChI is InChI=1S/C23H20ClF6N5O3/c24-13-6-4-5-12(9-13)11-35-8-3-1-2-7-21(37,23(28,29)30)20-34-33-18(38-20)17-15(31)10-14(22(25,26)27)16(32-17)19(35)36/h4-6,9-10,37H,1-3,7-8,11,31H2. The Bertz CT molecular complexity index is 1350. The lowest BCUT2D eigenvalue weighted by molar-refractivity contribution is -0.277. The molecule has 8 nitrogen and oxygen atoms in total. The molecule has 0 spiro atoms. The molecule has 0 fully saturated rings. The maximum atomic E-state index is 13.9. The molecule has 1 aliphatic rings. The molecule has 38 heavy (non-hydrogen) atoms. The molecule has 0 radical (unpaired) electrons. The second-order valence-corrected chi connectivity index (χ2v) is 9.19. The fourth-order valence-corrected chi connectivity index (χ4v) is 4.27. The highest BCUT2D eigenvalue weighted by Gasteiger charge is 2.58. The lowest BCUT2D eigenvalue weighted by atomic mass is 9.95. The first kappa shape index (κ1) is 27.6. The van der Waals surface area contributed by atoms with Gasteiger partial charge in [-0.25, -0.2) is 4.98 Å². The van der Waals surface area contributed by atoms with Crippen molar-refractivity contribution in [2.45, 2.75) is 50.2 Å². The Hall–Kier alpha value is -3.39. The highest BCUT2D eigenvalue weighted by molar-refractivity contribution is 6.30. The molecule has 1 atom stereocenters. The molecule has 3 heterocycles. The Balaban J connectivity index is 1.88. The Morgan fingerprint density at radius 2 is 1.82 bits per heavy atom. The molecule has 0 aliphatic carbocycles. The molecule has 4 bridgehead atoms. The van der Waals surface area contributed by atoms with Crippen molar-refractivity contribution in [1.29, 1.82) is 0 Å². The van der Waals surface area contributed by atoms with E-state index in [1.807, 2.05) is 0 Å². The highest BCUT2D eigenvalue weighted by atomic mass is 35.5. The molecule has 2 aromatic heterocycles. The van der Waals surface area contributed by atoms with Gasteiger partial charge in [0.1, 0.15) is 5.69 Å². The minimum atomic E-state index is -5.20. The van der Waals surface area contributed by atoms with Gasteiger partial charge >= 0.3 is 12.4 Å². The number of hydrogen-bond acceptors (Lipinski definition) is 7. The van der Waals surface area contributed by atoms with E-state index in [0.29, 0.717) is 16.7 Å². The third kappa shape index (κ3) is 5.41. The van der Waals surface area contributed by atoms with Crippen molar-refractivity contribution in [3.63, 3.8) is 0 Å². The second-order valence-electron chi connectivity index (χ2n) is 8.76. The SMILES string of the molecule is Nc1cc(C(F)(F)F)c2nc1-c1nnc(o1)C(O)(C(F)(F)F)CCCCCN(Cc1cccc(Cl)c1)C2=O. The van der Waals surface area contributed by atoms with Crippen molar-refractivity contribution in [2.75, 3.05) is 12.3 Å². The molecule has 0 saturated carbocycles. The van der Waals surface area contributed by atoms with Crippen molar-refractivity contribution in [1.82, 2.24) is 20.1 Å². The fourth-order valence-electron chi connectivity index (χ4n) is 4.05. The maximum Gasteiger partial charge on any atom is 0.426 e. The summed E-state index contributed by atoms with van der Waals surface area (Å²) >= 11 is 6.00. The average molecular weight is 564 g/mol. The Morgan fingerprint density at radius 1 is 1.08 bits per heavy atom. The summed E-state index contributed by atoms with van der Waals surface area (Å²) in [5.74, 6) is -3.10. The van der Waals surface area contributed by atoms with Crippen LogP contribution in [-0.2, 0) is 18.3 Å². The number of nitrogens with zero attached hydrogens (tertiary/aromatic N) is 4. The number of pyridine rings is 1. The molecule has 1 aromatic carbocycles. The summed E-state index contributed by atoms with van der Waals surface area (Å²) in [7, 11) is 0. The van der Waals surface area contributed by atoms with Crippen LogP contribution in [-0.4, -0.2) is 43.8 Å². The Labute approximate surface area is 216 Å². The number of aliphatic hydroxyl groups is 1. The Morgan fingerprint density at radius 3 is 2.47 bits per heavy atom. The molecule has 204 valence electrons. The average Bonchev–Trinajstić information content (AvgIpc) is 3.31. The number of amides is 1. The summed E-state index contributed by atoms with van der Waals surface area (Å²) in [4.78, 5) is 18.3. The first-order valence-electron chi connectivity index (χ1n) is 11.3. The Kier molecular flexibility index (Phi) is 7.32. The molecule has 1 amide bonds. The predicted octanol–water partition coefficient (Wildman–Crippen LogP) is 5.35. The van der Waals surface area contributed by atoms with E-state index in [1.54, 1.807) is 18.2 Å². The third-order valence-electron chi connectivity index (χ3n) is 6.03. The smallest absolute Gasteiger partial charge is 0.416 e. The lowest BCUT2D eigenvalue weighted by Gasteiger charge is -2.27. The maximum absolute atomic E-state index is 13.9. The van der Waals surface area contributed by atoms with Crippen LogP contribution in [0, 0.1) is 0 Å². The zero-order chi connectivity index (χ0) is 27.9. The van der Waals surface area contributed by atoms with Gasteiger partial charge in [0.2, 0.25) is 5.60 Å². The van der Waals surface area contributed by atoms with Crippen molar-refractivity contribution < 1.29 is 40.7 Å². The zero-order valence-electron chi connectivity index (χ0n) is 19.4. The van der Waals surface area contributed by atoms with Gasteiger partial charge in [-0.3, -0.25) is 4.79 Å². The molecule has 15 heteroatoms. The van der Waals surface area contributed by atoms with Gasteiger partial charge in [0.05, 0.1) is 11.3 Å². The molecule has 4 rings (SSSR count). The van der Waals surface area contributed by atoms with E-state index >= 15 is 0 Å². The van der Waals surface area contributed by atoms with Crippen LogP contribution in [0.3, 0.4) is 0 Å². The number of benzene rings is 1. The lowest BCUT2D eigenvalue weighted by Crippen LogP contribution is -2.42. The number of hydrogen-bond donors (Lipinski definition) is 2. The molecule has 3 aromatic rings. The number of aromatic nitrogens is 3. The molecular weight excluding hydrogens is 544 g/mol. The number of carbonyl (C=O) groups excluding carboxylic acids is 1. The number of anilines is 1. The predicted molar refractivity (Wildman–Crippen MR) is 122 cm³/mol. The second kappa shape index (κ2) is 10.1. The minimum Gasteiger partial charge on any atom is -0.416 e. The quantitative estimate of drug-likeness (QED) is 0.403. The number of halogens is 7. The fraction of sp³-hybridized carbons (Fsp3) is 0.391. The van der Waals surface area contributed by atoms with Crippen LogP contribution in [0.1, 0.15) is 53.2 Å². The molecule has 1 aliphatic heterocycles. The largest absolute Gasteiger partial charge is 0.426 e. The van der Waals surface area contributed by atoms with Crippen LogP contribution < -0.4 is 5.73 Å². The molecule has 0 saturated heterocycles. The zero-order valence-corrected chi connectivity index (χ0v) is 20.2. The summed E-state index contributed by atoms with van der Waals surface area (Å²) in [5, 5.41) is 17.5. The summed E-state index contributed by atoms with van der Waals surface area (Å²) < 4.78 is 88.3. The van der Waals surface area contributed by atoms with Crippen molar-refractivity contribution in [3.8, 4) is 11.6 Å². The van der Waals surface area contributed by atoms with E-state index in [-0.39, 0.29) is 32.4 Å². The number of nitrogens with two attached hydrogens (primary N) is 1. The van der Waals surface area contributed by atoms with E-state index in [2.05, 4.69) is 15.2 Å². The summed E-state index contributed by atoms with van der Waals surface area (Å²) in [5.41, 5.74) is -1.08. The van der Waals surface area contributed by atoms with Crippen LogP contribution in [0.2, 0.25) is 5.02 Å². The van der Waals surface area contributed by atoms with E-state index in [4.69, 9.17) is 21.8 Å². The third-order valence-corrected chi connectivity index (χ3v) is 6.26. The van der Waals surface area contributed by atoms with E-state index in [0.717, 1.165) is 4.90 Å². The van der Waals surface area contributed by atoms with Crippen LogP contribution in [0.5, 0.6) is 0 Å². The normalized spacial score (nSPS) is 19.4. The highest BCUT2D eigenvalue weighted by Crippen LogP contribution is 2.43. The number of alkyl halides is 6. The molecule has 1 unspecified atom stereocenters. The van der Waals surface area contributed by atoms with Gasteiger partial charge in [0, 0.05) is 18.1 Å². The van der Waals surface area contributed by atoms with E-state index in [1.165, 1.54) is 6.07 Å². The van der Waals surface area contributed by atoms with Crippen molar-refractivity contribution in [2.24, 2.45) is 0 Å². The van der Waals surface area contributed by atoms with Crippen LogP contribution in [0.15, 0.2) is 34.7 Å². The number of fused-ring (bicyclic) bond motifs is 5. The molecule has 3 N–H and O–H groups in total. The van der Waals surface area contributed by atoms with Gasteiger partial charge in [-0.15, -0.1) is 10.2 Å². The van der Waals surface area contributed by atoms with Gasteiger partial charge in [-0.2, -0.15) is 26.3 Å². The van der Waals surface area contributed by atoms with Crippen molar-refractivity contribution in [3.05, 3.63) is 58.1 Å². The monoisotopic (exact) mass is 563 g/mol. The van der Waals surface area contributed by atoms with Gasteiger partial charge in [-0.05, 0) is 43.0 Å². The minimum absolute atomic E-state index is 0.0885. The first-order chi connectivity index (χ1) is 17.7. The topological polar surface area (TPSA) is 118 Å². The summed E-state index contributed by atoms with van der Waals surface area (Å²) in [6, 6.07) is 6.74. The summed E-state index contributed by atoms with van der Waals surface area (Å²) in [6.45, 7) is -0.276. The van der Waals surface area contributed by atoms with Gasteiger partial charge < -0.3 is 20.2 Å². The van der Waals surface area contributed by atoms with Crippen LogP contribution >= 0.6 is 11.6 Å². The van der Waals surface area contributed by atoms with E-state index < -0.39 is 64.7 Å². The van der Waals surface area contributed by atoms with Crippen LogP contribution in [0.4, 0.5) is 32.0 Å². The number of nitrogen functional groups attached to an aromatic ring is 1. The number of rotatable bonds is 2. The van der Waals surface area contributed by atoms with Crippen LogP contribution in [0.25, 0.3) is 11.6 Å². The van der Waals surface area contributed by atoms with Gasteiger partial charge in [0.15, 0.2) is 5.69 Å². The van der Waals surface area contributed by atoms with Gasteiger partial charge in [0.25, 0.3) is 17.7 Å². The van der Waals surface area contributed by atoms with Gasteiger partial charge in [-0.1, -0.05) is 30.2 Å². The molecular formula is C23H20ClF6N5O3. The van der Waals surface area contributed by atoms with E-state index in [9.17, 15) is 36.2 Å². The summed E-state index contributed by atoms with van der Waals surface area (Å²) in [6.07, 6.45) is -11.1. The number of carbonyl (C=O) groups is 1. The first-order valence-corrected chi connectivity index (χ1v) is 11.6.